The highest BCUT2D eigenvalue weighted by Gasteiger charge is 2.12. The summed E-state index contributed by atoms with van der Waals surface area (Å²) in [6, 6.07) is 5.98. The molecule has 0 spiro atoms. The monoisotopic (exact) mass is 498 g/mol. The molecule has 2 aromatic rings. The molecule has 1 aliphatic carbocycles. The van der Waals surface area contributed by atoms with Gasteiger partial charge in [-0.25, -0.2) is 0 Å². The Bertz CT molecular complexity index is 708. The molecule has 1 aliphatic rings. The first-order chi connectivity index (χ1) is 13.4. The Labute approximate surface area is 186 Å². The van der Waals surface area contributed by atoms with Gasteiger partial charge in [0.25, 0.3) is 0 Å². The highest BCUT2D eigenvalue weighted by Crippen LogP contribution is 2.26. The third-order valence-electron chi connectivity index (χ3n) is 5.36. The number of guanidine groups is 1. The van der Waals surface area contributed by atoms with Crippen LogP contribution in [-0.4, -0.2) is 40.2 Å². The number of hydrogen-bond acceptors (Lipinski definition) is 3. The maximum Gasteiger partial charge on any atom is 0.191 e. The molecular formula is C21H35IN6. The first-order valence-corrected chi connectivity index (χ1v) is 10.7. The first kappa shape index (κ1) is 22.9. The summed E-state index contributed by atoms with van der Waals surface area (Å²) in [6.45, 7) is 4.81. The fourth-order valence-corrected chi connectivity index (χ4v) is 3.90. The molecule has 0 aromatic carbocycles. The van der Waals surface area contributed by atoms with E-state index in [0.717, 1.165) is 55.8 Å². The Morgan fingerprint density at radius 1 is 1.14 bits per heavy atom. The van der Waals surface area contributed by atoms with Gasteiger partial charge in [0, 0.05) is 32.3 Å². The zero-order valence-corrected chi connectivity index (χ0v) is 19.4. The van der Waals surface area contributed by atoms with Crippen molar-refractivity contribution in [1.29, 1.82) is 0 Å². The number of aryl methyl sites for hydroxylation is 1. The van der Waals surface area contributed by atoms with Crippen LogP contribution in [0.3, 0.4) is 0 Å². The lowest BCUT2D eigenvalue weighted by atomic mass is 9.86. The minimum Gasteiger partial charge on any atom is -0.357 e. The minimum absolute atomic E-state index is 0. The van der Waals surface area contributed by atoms with E-state index >= 15 is 0 Å². The van der Waals surface area contributed by atoms with Crippen LogP contribution in [0.5, 0.6) is 0 Å². The van der Waals surface area contributed by atoms with Gasteiger partial charge in [-0.2, -0.15) is 0 Å². The molecule has 0 unspecified atom stereocenters. The second-order valence-electron chi connectivity index (χ2n) is 7.48. The molecular weight excluding hydrogens is 463 g/mol. The Balaban J connectivity index is 0.00000280. The van der Waals surface area contributed by atoms with Crippen molar-refractivity contribution in [2.45, 2.75) is 64.7 Å². The molecule has 1 fully saturated rings. The third kappa shape index (κ3) is 7.22. The Hall–Kier alpha value is -1.38. The number of halogens is 1. The van der Waals surface area contributed by atoms with Crippen LogP contribution >= 0.6 is 24.0 Å². The summed E-state index contributed by atoms with van der Waals surface area (Å²) >= 11 is 0. The van der Waals surface area contributed by atoms with Crippen molar-refractivity contribution in [3.05, 3.63) is 30.2 Å². The number of aliphatic imine (C=N–C) groups is 1. The van der Waals surface area contributed by atoms with Crippen molar-refractivity contribution in [1.82, 2.24) is 25.2 Å². The van der Waals surface area contributed by atoms with Gasteiger partial charge in [-0.05, 0) is 44.2 Å². The summed E-state index contributed by atoms with van der Waals surface area (Å²) in [6.07, 6.45) is 13.6. The van der Waals surface area contributed by atoms with Crippen LogP contribution in [0.2, 0.25) is 0 Å². The van der Waals surface area contributed by atoms with E-state index in [1.807, 2.05) is 24.4 Å². The molecule has 28 heavy (non-hydrogen) atoms. The molecule has 2 heterocycles. The van der Waals surface area contributed by atoms with Gasteiger partial charge in [-0.15, -0.1) is 34.2 Å². The quantitative estimate of drug-likeness (QED) is 0.236. The second kappa shape index (κ2) is 13.0. The zero-order valence-electron chi connectivity index (χ0n) is 17.1. The number of rotatable bonds is 9. The average molecular weight is 498 g/mol. The maximum atomic E-state index is 4.71. The van der Waals surface area contributed by atoms with Gasteiger partial charge in [-0.3, -0.25) is 9.39 Å². The van der Waals surface area contributed by atoms with E-state index in [4.69, 9.17) is 4.99 Å². The van der Waals surface area contributed by atoms with E-state index in [1.54, 1.807) is 0 Å². The van der Waals surface area contributed by atoms with Crippen molar-refractivity contribution in [3.63, 3.8) is 0 Å². The molecule has 2 N–H and O–H groups in total. The Morgan fingerprint density at radius 2 is 2.00 bits per heavy atom. The SMILES string of the molecule is CCNC(=NCCCc1nnc2ccccn12)NCCCC1CCCCC1.I. The summed E-state index contributed by atoms with van der Waals surface area (Å²) in [5, 5.41) is 15.3. The van der Waals surface area contributed by atoms with Gasteiger partial charge in [-0.1, -0.05) is 38.2 Å². The molecule has 0 atom stereocenters. The smallest absolute Gasteiger partial charge is 0.191 e. The van der Waals surface area contributed by atoms with Crippen molar-refractivity contribution >= 4 is 35.6 Å². The van der Waals surface area contributed by atoms with Crippen molar-refractivity contribution < 1.29 is 0 Å². The van der Waals surface area contributed by atoms with Gasteiger partial charge in [0.1, 0.15) is 5.82 Å². The highest BCUT2D eigenvalue weighted by molar-refractivity contribution is 14.0. The van der Waals surface area contributed by atoms with Crippen LogP contribution in [0.4, 0.5) is 0 Å². The molecule has 0 amide bonds. The molecule has 156 valence electrons. The van der Waals surface area contributed by atoms with Crippen LogP contribution in [0.15, 0.2) is 29.4 Å². The van der Waals surface area contributed by atoms with Gasteiger partial charge in [0.2, 0.25) is 0 Å². The molecule has 3 rings (SSSR count). The summed E-state index contributed by atoms with van der Waals surface area (Å²) < 4.78 is 2.05. The highest BCUT2D eigenvalue weighted by atomic mass is 127. The van der Waals surface area contributed by atoms with E-state index in [0.29, 0.717) is 0 Å². The fourth-order valence-electron chi connectivity index (χ4n) is 3.90. The number of hydrogen-bond donors (Lipinski definition) is 2. The number of aromatic nitrogens is 3. The van der Waals surface area contributed by atoms with E-state index in [9.17, 15) is 0 Å². The van der Waals surface area contributed by atoms with Crippen molar-refractivity contribution in [2.75, 3.05) is 19.6 Å². The van der Waals surface area contributed by atoms with E-state index in [-0.39, 0.29) is 24.0 Å². The van der Waals surface area contributed by atoms with Crippen molar-refractivity contribution in [3.8, 4) is 0 Å². The van der Waals surface area contributed by atoms with Crippen LogP contribution < -0.4 is 10.6 Å². The maximum absolute atomic E-state index is 4.71. The minimum atomic E-state index is 0. The summed E-state index contributed by atoms with van der Waals surface area (Å²) in [4.78, 5) is 4.71. The van der Waals surface area contributed by atoms with Crippen LogP contribution in [-0.2, 0) is 6.42 Å². The summed E-state index contributed by atoms with van der Waals surface area (Å²) in [5.74, 6) is 2.90. The molecule has 1 saturated carbocycles. The third-order valence-corrected chi connectivity index (χ3v) is 5.36. The Kier molecular flexibility index (Phi) is 10.6. The van der Waals surface area contributed by atoms with Gasteiger partial charge < -0.3 is 10.6 Å². The number of fused-ring (bicyclic) bond motifs is 1. The molecule has 0 bridgehead atoms. The number of nitrogens with zero attached hydrogens (tertiary/aromatic N) is 4. The number of nitrogens with one attached hydrogen (secondary N) is 2. The van der Waals surface area contributed by atoms with Gasteiger partial charge in [0.05, 0.1) is 0 Å². The summed E-state index contributed by atoms with van der Waals surface area (Å²) in [7, 11) is 0. The van der Waals surface area contributed by atoms with E-state index in [2.05, 4.69) is 32.2 Å². The lowest BCUT2D eigenvalue weighted by molar-refractivity contribution is 0.332. The fraction of sp³-hybridized carbons (Fsp3) is 0.667. The number of pyridine rings is 1. The molecule has 0 saturated heterocycles. The second-order valence-corrected chi connectivity index (χ2v) is 7.48. The topological polar surface area (TPSA) is 66.6 Å². The standard InChI is InChI=1S/C21H34N6.HI/c1-2-22-21(23-15-8-12-18-10-4-3-5-11-18)24-16-9-14-20-26-25-19-13-6-7-17-27(19)20;/h6-7,13,17-18H,2-5,8-12,14-16H2,1H3,(H2,22,23,24);1H. The average Bonchev–Trinajstić information content (AvgIpc) is 3.12. The lowest BCUT2D eigenvalue weighted by Crippen LogP contribution is -2.38. The normalized spacial score (nSPS) is 15.4. The molecule has 0 radical (unpaired) electrons. The van der Waals surface area contributed by atoms with Gasteiger partial charge in [0.15, 0.2) is 11.6 Å². The first-order valence-electron chi connectivity index (χ1n) is 10.7. The lowest BCUT2D eigenvalue weighted by Gasteiger charge is -2.21. The molecule has 0 aliphatic heterocycles. The zero-order chi connectivity index (χ0) is 18.7. The molecule has 7 heteroatoms. The van der Waals surface area contributed by atoms with Crippen LogP contribution in [0, 0.1) is 5.92 Å². The molecule has 2 aromatic heterocycles. The predicted molar refractivity (Wildman–Crippen MR) is 127 cm³/mol. The van der Waals surface area contributed by atoms with Crippen LogP contribution in [0.25, 0.3) is 5.65 Å². The Morgan fingerprint density at radius 3 is 2.82 bits per heavy atom. The largest absolute Gasteiger partial charge is 0.357 e. The summed E-state index contributed by atoms with van der Waals surface area (Å²) in [5.41, 5.74) is 0.906. The predicted octanol–water partition coefficient (Wildman–Crippen LogP) is 4.20. The van der Waals surface area contributed by atoms with E-state index < -0.39 is 0 Å². The van der Waals surface area contributed by atoms with Crippen LogP contribution in [0.1, 0.15) is 64.1 Å². The van der Waals surface area contributed by atoms with Crippen molar-refractivity contribution in [2.24, 2.45) is 10.9 Å². The van der Waals surface area contributed by atoms with E-state index in [1.165, 1.54) is 44.9 Å². The van der Waals surface area contributed by atoms with Gasteiger partial charge >= 0.3 is 0 Å². The molecule has 6 nitrogen and oxygen atoms in total.